The molecule has 0 radical (unpaired) electrons. The number of para-hydroxylation sites is 1. The van der Waals surface area contributed by atoms with Gasteiger partial charge in [-0.25, -0.2) is 8.42 Å². The van der Waals surface area contributed by atoms with Gasteiger partial charge in [0.2, 0.25) is 15.8 Å². The average Bonchev–Trinajstić information content (AvgIpc) is 3.26. The number of sulfone groups is 1. The number of anilines is 1. The Labute approximate surface area is 187 Å². The van der Waals surface area contributed by atoms with Crippen LogP contribution in [0.4, 0.5) is 5.95 Å². The maximum atomic E-state index is 13.7. The molecule has 1 fully saturated rings. The third-order valence-corrected chi connectivity index (χ3v) is 7.28. The van der Waals surface area contributed by atoms with Crippen LogP contribution in [0.1, 0.15) is 11.1 Å². The number of fused-ring (bicyclic) bond motifs is 1. The summed E-state index contributed by atoms with van der Waals surface area (Å²) < 4.78 is 34.5. The minimum absolute atomic E-state index is 0.0405. The van der Waals surface area contributed by atoms with Crippen molar-refractivity contribution in [1.82, 2.24) is 14.8 Å². The summed E-state index contributed by atoms with van der Waals surface area (Å²) in [5, 5.41) is 10.4. The fraction of sp³-hybridized carbons (Fsp3) is 0.250. The number of aryl methyl sites for hydroxylation is 1. The van der Waals surface area contributed by atoms with Gasteiger partial charge in [-0.3, -0.25) is 4.57 Å². The Morgan fingerprint density at radius 3 is 2.44 bits per heavy atom. The van der Waals surface area contributed by atoms with Gasteiger partial charge in [-0.1, -0.05) is 60.7 Å². The number of hydrogen-bond acceptors (Lipinski definition) is 6. The molecule has 3 aromatic carbocycles. The Morgan fingerprint density at radius 1 is 0.906 bits per heavy atom. The van der Waals surface area contributed by atoms with Crippen LogP contribution in [0.25, 0.3) is 16.5 Å². The average molecular weight is 449 g/mol. The number of benzene rings is 3. The highest BCUT2D eigenvalue weighted by Gasteiger charge is 2.30. The Bertz CT molecular complexity index is 1370. The van der Waals surface area contributed by atoms with Crippen molar-refractivity contribution in [3.63, 3.8) is 0 Å². The summed E-state index contributed by atoms with van der Waals surface area (Å²) >= 11 is 0. The Balaban J connectivity index is 1.64. The predicted molar refractivity (Wildman–Crippen MR) is 124 cm³/mol. The van der Waals surface area contributed by atoms with E-state index in [4.69, 9.17) is 4.74 Å². The van der Waals surface area contributed by atoms with E-state index in [1.54, 1.807) is 4.57 Å². The monoisotopic (exact) mass is 448 g/mol. The molecule has 1 saturated heterocycles. The molecule has 1 aliphatic heterocycles. The first-order valence-corrected chi connectivity index (χ1v) is 12.2. The van der Waals surface area contributed by atoms with E-state index in [0.717, 1.165) is 27.6 Å². The zero-order valence-corrected chi connectivity index (χ0v) is 18.6. The van der Waals surface area contributed by atoms with Gasteiger partial charge in [0.15, 0.2) is 0 Å². The van der Waals surface area contributed by atoms with Gasteiger partial charge in [0, 0.05) is 13.1 Å². The highest BCUT2D eigenvalue weighted by Crippen LogP contribution is 2.29. The summed E-state index contributed by atoms with van der Waals surface area (Å²) in [5.41, 5.74) is 2.45. The number of rotatable bonds is 5. The van der Waals surface area contributed by atoms with Crippen LogP contribution in [0.15, 0.2) is 71.9 Å². The number of morpholine rings is 1. The minimum Gasteiger partial charge on any atom is -0.378 e. The van der Waals surface area contributed by atoms with Crippen LogP contribution in [0.3, 0.4) is 0 Å². The molecular weight excluding hydrogens is 424 g/mol. The van der Waals surface area contributed by atoms with E-state index in [-0.39, 0.29) is 10.9 Å². The molecule has 0 unspecified atom stereocenters. The van der Waals surface area contributed by atoms with E-state index < -0.39 is 9.84 Å². The lowest BCUT2D eigenvalue weighted by Crippen LogP contribution is -2.38. The fourth-order valence-corrected chi connectivity index (χ4v) is 5.56. The van der Waals surface area contributed by atoms with Crippen molar-refractivity contribution in [2.45, 2.75) is 17.8 Å². The lowest BCUT2D eigenvalue weighted by atomic mass is 10.1. The molecule has 0 spiro atoms. The quantitative estimate of drug-likeness (QED) is 0.465. The summed E-state index contributed by atoms with van der Waals surface area (Å²) in [6, 6.07) is 21.2. The van der Waals surface area contributed by atoms with Gasteiger partial charge in [-0.15, -0.1) is 10.2 Å². The van der Waals surface area contributed by atoms with Crippen LogP contribution in [0.2, 0.25) is 0 Å². The minimum atomic E-state index is -3.79. The van der Waals surface area contributed by atoms with Gasteiger partial charge in [0.1, 0.15) is 0 Å². The molecule has 8 heteroatoms. The van der Waals surface area contributed by atoms with Crippen molar-refractivity contribution in [1.29, 1.82) is 0 Å². The standard InChI is InChI=1S/C24H24N4O3S/c1-18-7-2-5-12-22(18)28-23(27-13-15-31-16-14-27)25-26-24(28)32(29,30)17-20-10-6-9-19-8-3-4-11-21(19)20/h2-12H,13-17H2,1H3. The first-order chi connectivity index (χ1) is 15.5. The van der Waals surface area contributed by atoms with E-state index in [9.17, 15) is 8.42 Å². The van der Waals surface area contributed by atoms with E-state index in [1.165, 1.54) is 0 Å². The summed E-state index contributed by atoms with van der Waals surface area (Å²) in [4.78, 5) is 2.03. The number of aromatic nitrogens is 3. The van der Waals surface area contributed by atoms with Crippen molar-refractivity contribution in [3.8, 4) is 5.69 Å². The molecule has 2 heterocycles. The maximum Gasteiger partial charge on any atom is 0.256 e. The molecule has 0 aliphatic carbocycles. The number of nitrogens with zero attached hydrogens (tertiary/aromatic N) is 4. The van der Waals surface area contributed by atoms with Gasteiger partial charge >= 0.3 is 0 Å². The lowest BCUT2D eigenvalue weighted by molar-refractivity contribution is 0.122. The van der Waals surface area contributed by atoms with Crippen LogP contribution < -0.4 is 4.90 Å². The van der Waals surface area contributed by atoms with Gasteiger partial charge in [0.25, 0.3) is 5.16 Å². The molecule has 1 aromatic heterocycles. The van der Waals surface area contributed by atoms with E-state index in [1.807, 2.05) is 78.6 Å². The highest BCUT2D eigenvalue weighted by atomic mass is 32.2. The van der Waals surface area contributed by atoms with Crippen molar-refractivity contribution in [3.05, 3.63) is 77.9 Å². The van der Waals surface area contributed by atoms with Crippen molar-refractivity contribution in [2.75, 3.05) is 31.2 Å². The summed E-state index contributed by atoms with van der Waals surface area (Å²) in [7, 11) is -3.79. The van der Waals surface area contributed by atoms with E-state index in [2.05, 4.69) is 10.2 Å². The predicted octanol–water partition coefficient (Wildman–Crippen LogP) is 3.54. The Morgan fingerprint density at radius 2 is 1.62 bits per heavy atom. The molecule has 0 atom stereocenters. The smallest absolute Gasteiger partial charge is 0.256 e. The van der Waals surface area contributed by atoms with Crippen molar-refractivity contribution < 1.29 is 13.2 Å². The first-order valence-electron chi connectivity index (χ1n) is 10.6. The molecule has 0 bridgehead atoms. The third-order valence-electron chi connectivity index (χ3n) is 5.77. The van der Waals surface area contributed by atoms with E-state index >= 15 is 0 Å². The van der Waals surface area contributed by atoms with Crippen LogP contribution >= 0.6 is 0 Å². The van der Waals surface area contributed by atoms with Gasteiger partial charge in [0.05, 0.1) is 24.7 Å². The first kappa shape index (κ1) is 20.7. The molecule has 32 heavy (non-hydrogen) atoms. The second-order valence-electron chi connectivity index (χ2n) is 7.90. The Hall–Kier alpha value is -3.23. The molecule has 164 valence electrons. The largest absolute Gasteiger partial charge is 0.378 e. The molecular formula is C24H24N4O3S. The summed E-state index contributed by atoms with van der Waals surface area (Å²) in [6.45, 7) is 4.36. The molecule has 7 nitrogen and oxygen atoms in total. The molecule has 0 saturated carbocycles. The summed E-state index contributed by atoms with van der Waals surface area (Å²) in [5.74, 6) is 0.376. The zero-order valence-electron chi connectivity index (χ0n) is 17.8. The van der Waals surface area contributed by atoms with Crippen LogP contribution in [0.5, 0.6) is 0 Å². The molecule has 0 amide bonds. The zero-order chi connectivity index (χ0) is 22.1. The number of hydrogen-bond donors (Lipinski definition) is 0. The van der Waals surface area contributed by atoms with Gasteiger partial charge < -0.3 is 9.64 Å². The van der Waals surface area contributed by atoms with Crippen LogP contribution in [-0.2, 0) is 20.3 Å². The highest BCUT2D eigenvalue weighted by molar-refractivity contribution is 7.90. The second-order valence-corrected chi connectivity index (χ2v) is 9.78. The maximum absolute atomic E-state index is 13.7. The second kappa shape index (κ2) is 8.37. The van der Waals surface area contributed by atoms with Crippen LogP contribution in [-0.4, -0.2) is 49.5 Å². The van der Waals surface area contributed by atoms with Crippen LogP contribution in [0, 0.1) is 6.92 Å². The third kappa shape index (κ3) is 3.76. The number of ether oxygens (including phenoxy) is 1. The molecule has 4 aromatic rings. The SMILES string of the molecule is Cc1ccccc1-n1c(N2CCOCC2)nnc1S(=O)(=O)Cc1cccc2ccccc12. The molecule has 0 N–H and O–H groups in total. The van der Waals surface area contributed by atoms with Crippen molar-refractivity contribution in [2.24, 2.45) is 0 Å². The normalized spacial score (nSPS) is 14.7. The van der Waals surface area contributed by atoms with E-state index in [0.29, 0.717) is 32.3 Å². The molecule has 5 rings (SSSR count). The lowest BCUT2D eigenvalue weighted by Gasteiger charge is -2.28. The van der Waals surface area contributed by atoms with Gasteiger partial charge in [-0.2, -0.15) is 0 Å². The Kier molecular flexibility index (Phi) is 5.40. The summed E-state index contributed by atoms with van der Waals surface area (Å²) in [6.07, 6.45) is 0. The topological polar surface area (TPSA) is 77.3 Å². The van der Waals surface area contributed by atoms with Gasteiger partial charge in [-0.05, 0) is 34.9 Å². The van der Waals surface area contributed by atoms with Crippen molar-refractivity contribution >= 4 is 26.6 Å². The fourth-order valence-electron chi connectivity index (χ4n) is 4.14. The molecule has 1 aliphatic rings.